The van der Waals surface area contributed by atoms with Crippen LogP contribution in [-0.2, 0) is 13.3 Å². The molecule has 0 aliphatic rings. The van der Waals surface area contributed by atoms with Crippen molar-refractivity contribution in [2.45, 2.75) is 43.4 Å². The van der Waals surface area contributed by atoms with Crippen molar-refractivity contribution in [3.8, 4) is 0 Å². The minimum atomic E-state index is -2.69. The molecular formula is C10H21Cl3O3Si. The lowest BCUT2D eigenvalue weighted by Crippen LogP contribution is -2.45. The molecule has 0 aliphatic heterocycles. The first-order valence-corrected chi connectivity index (χ1v) is 9.12. The second-order valence-corrected chi connectivity index (χ2v) is 8.96. The molecule has 0 rings (SSSR count). The van der Waals surface area contributed by atoms with Crippen LogP contribution in [0.5, 0.6) is 0 Å². The Bertz CT molecular complexity index is 172. The van der Waals surface area contributed by atoms with Crippen molar-refractivity contribution in [1.82, 2.24) is 0 Å². The Labute approximate surface area is 120 Å². The van der Waals surface area contributed by atoms with E-state index >= 15 is 0 Å². The normalized spacial score (nSPS) is 20.6. The fourth-order valence-electron chi connectivity index (χ4n) is 0.924. The minimum absolute atomic E-state index is 0.0872. The van der Waals surface area contributed by atoms with Crippen molar-refractivity contribution >= 4 is 43.6 Å². The highest BCUT2D eigenvalue weighted by atomic mass is 35.5. The molecule has 0 N–H and O–H groups in total. The summed E-state index contributed by atoms with van der Waals surface area (Å²) < 4.78 is 16.9. The average Bonchev–Trinajstić information content (AvgIpc) is 2.21. The summed E-state index contributed by atoms with van der Waals surface area (Å²) in [6, 6.07) is 0. The Hall–Kier alpha value is 0.967. The zero-order valence-electron chi connectivity index (χ0n) is 10.7. The Morgan fingerprint density at radius 1 is 0.765 bits per heavy atom. The zero-order chi connectivity index (χ0) is 13.5. The van der Waals surface area contributed by atoms with E-state index in [1.54, 1.807) is 0 Å². The summed E-state index contributed by atoms with van der Waals surface area (Å²) in [5.41, 5.74) is 0. The van der Waals surface area contributed by atoms with E-state index in [9.17, 15) is 0 Å². The number of halogens is 3. The molecule has 3 unspecified atom stereocenters. The number of hydrogen-bond donors (Lipinski definition) is 0. The van der Waals surface area contributed by atoms with E-state index in [1.807, 2.05) is 27.3 Å². The third-order valence-corrected chi connectivity index (χ3v) is 4.18. The van der Waals surface area contributed by atoms with Crippen LogP contribution in [0.2, 0.25) is 6.55 Å². The lowest BCUT2D eigenvalue weighted by atomic mass is 10.5. The first kappa shape index (κ1) is 18.0. The molecule has 0 aromatic rings. The van der Waals surface area contributed by atoms with Crippen LogP contribution in [0.15, 0.2) is 0 Å². The van der Waals surface area contributed by atoms with Gasteiger partial charge in [0.25, 0.3) is 0 Å². The fourth-order valence-corrected chi connectivity index (χ4v) is 3.34. The van der Waals surface area contributed by atoms with Crippen molar-refractivity contribution in [2.75, 3.05) is 19.8 Å². The van der Waals surface area contributed by atoms with Crippen LogP contribution in [-0.4, -0.2) is 44.8 Å². The summed E-state index contributed by atoms with van der Waals surface area (Å²) >= 11 is 17.5. The van der Waals surface area contributed by atoms with E-state index in [2.05, 4.69) is 0 Å². The summed E-state index contributed by atoms with van der Waals surface area (Å²) in [4.78, 5) is 0. The highest BCUT2D eigenvalue weighted by Gasteiger charge is 2.36. The van der Waals surface area contributed by atoms with E-state index in [-0.39, 0.29) is 16.1 Å². The zero-order valence-corrected chi connectivity index (χ0v) is 14.0. The van der Waals surface area contributed by atoms with Gasteiger partial charge in [-0.3, -0.25) is 0 Å². The first-order valence-electron chi connectivity index (χ1n) is 5.59. The van der Waals surface area contributed by atoms with E-state index in [0.29, 0.717) is 19.8 Å². The van der Waals surface area contributed by atoms with Crippen LogP contribution in [0.3, 0.4) is 0 Å². The van der Waals surface area contributed by atoms with Gasteiger partial charge in [-0.05, 0) is 20.8 Å². The van der Waals surface area contributed by atoms with Crippen molar-refractivity contribution in [3.63, 3.8) is 0 Å². The maximum absolute atomic E-state index is 5.84. The summed E-state index contributed by atoms with van der Waals surface area (Å²) in [5, 5.41) is -0.261. The molecule has 7 heteroatoms. The van der Waals surface area contributed by atoms with Gasteiger partial charge < -0.3 is 13.3 Å². The Kier molecular flexibility index (Phi) is 9.47. The van der Waals surface area contributed by atoms with Crippen LogP contribution in [0.4, 0.5) is 0 Å². The molecule has 0 fully saturated rings. The predicted molar refractivity (Wildman–Crippen MR) is 75.4 cm³/mol. The standard InChI is InChI=1S/C10H21Cl3O3Si/c1-8(11)5-14-17(4,15-6-9(2)12)16-7-10(3)13/h8-10H,5-7H2,1-4H3. The van der Waals surface area contributed by atoms with Crippen molar-refractivity contribution in [1.29, 1.82) is 0 Å². The number of alkyl halides is 3. The summed E-state index contributed by atoms with van der Waals surface area (Å²) in [6.07, 6.45) is 0. The topological polar surface area (TPSA) is 27.7 Å². The van der Waals surface area contributed by atoms with Gasteiger partial charge in [0.2, 0.25) is 0 Å². The lowest BCUT2D eigenvalue weighted by Gasteiger charge is -2.27. The summed E-state index contributed by atoms with van der Waals surface area (Å²) in [6.45, 7) is 8.54. The molecule has 0 aromatic carbocycles. The molecule has 0 heterocycles. The Balaban J connectivity index is 4.23. The molecule has 0 amide bonds. The quantitative estimate of drug-likeness (QED) is 0.480. The Morgan fingerprint density at radius 2 is 1.00 bits per heavy atom. The molecule has 0 saturated heterocycles. The van der Waals surface area contributed by atoms with Gasteiger partial charge in [0.1, 0.15) is 0 Å². The minimum Gasteiger partial charge on any atom is -0.372 e. The summed E-state index contributed by atoms with van der Waals surface area (Å²) in [7, 11) is -2.69. The van der Waals surface area contributed by atoms with Gasteiger partial charge in [0.15, 0.2) is 0 Å². The monoisotopic (exact) mass is 322 g/mol. The Morgan fingerprint density at radius 3 is 1.18 bits per heavy atom. The van der Waals surface area contributed by atoms with Gasteiger partial charge in [0.05, 0.1) is 36.0 Å². The predicted octanol–water partition coefficient (Wildman–Crippen LogP) is 3.49. The highest BCUT2D eigenvalue weighted by molar-refractivity contribution is 6.59. The van der Waals surface area contributed by atoms with Gasteiger partial charge >= 0.3 is 8.80 Å². The smallest absolute Gasteiger partial charge is 0.372 e. The molecule has 0 bridgehead atoms. The fraction of sp³-hybridized carbons (Fsp3) is 1.00. The second kappa shape index (κ2) is 8.96. The maximum Gasteiger partial charge on any atom is 0.497 e. The number of rotatable bonds is 9. The molecule has 17 heavy (non-hydrogen) atoms. The van der Waals surface area contributed by atoms with Gasteiger partial charge in [-0.1, -0.05) is 0 Å². The van der Waals surface area contributed by atoms with E-state index < -0.39 is 8.80 Å². The van der Waals surface area contributed by atoms with Crippen molar-refractivity contribution in [2.24, 2.45) is 0 Å². The van der Waals surface area contributed by atoms with Crippen LogP contribution < -0.4 is 0 Å². The maximum atomic E-state index is 5.84. The van der Waals surface area contributed by atoms with Crippen molar-refractivity contribution < 1.29 is 13.3 Å². The van der Waals surface area contributed by atoms with Gasteiger partial charge in [0, 0.05) is 6.55 Å². The van der Waals surface area contributed by atoms with Gasteiger partial charge in [-0.2, -0.15) is 0 Å². The molecule has 3 nitrogen and oxygen atoms in total. The third kappa shape index (κ3) is 10.6. The molecule has 0 aromatic heterocycles. The van der Waals surface area contributed by atoms with Crippen LogP contribution >= 0.6 is 34.8 Å². The molecule has 0 spiro atoms. The number of hydrogen-bond acceptors (Lipinski definition) is 3. The largest absolute Gasteiger partial charge is 0.497 e. The highest BCUT2D eigenvalue weighted by Crippen LogP contribution is 2.14. The first-order chi connectivity index (χ1) is 7.75. The molecular weight excluding hydrogens is 303 g/mol. The van der Waals surface area contributed by atoms with E-state index in [1.165, 1.54) is 0 Å². The molecule has 0 aliphatic carbocycles. The van der Waals surface area contributed by atoms with Crippen molar-refractivity contribution in [3.05, 3.63) is 0 Å². The van der Waals surface area contributed by atoms with Crippen LogP contribution in [0.1, 0.15) is 20.8 Å². The third-order valence-electron chi connectivity index (χ3n) is 1.73. The average molecular weight is 324 g/mol. The molecule has 0 radical (unpaired) electrons. The molecule has 3 atom stereocenters. The van der Waals surface area contributed by atoms with Gasteiger partial charge in [-0.15, -0.1) is 34.8 Å². The molecule has 104 valence electrons. The SMILES string of the molecule is CC(Cl)CO[Si](C)(OCC(C)Cl)OCC(C)Cl. The lowest BCUT2D eigenvalue weighted by molar-refractivity contribution is 0.0677. The van der Waals surface area contributed by atoms with Gasteiger partial charge in [-0.25, -0.2) is 0 Å². The van der Waals surface area contributed by atoms with E-state index in [0.717, 1.165) is 0 Å². The van der Waals surface area contributed by atoms with Crippen LogP contribution in [0.25, 0.3) is 0 Å². The van der Waals surface area contributed by atoms with E-state index in [4.69, 9.17) is 48.1 Å². The summed E-state index contributed by atoms with van der Waals surface area (Å²) in [5.74, 6) is 0. The molecule has 0 saturated carbocycles. The van der Waals surface area contributed by atoms with Crippen LogP contribution in [0, 0.1) is 0 Å². The second-order valence-electron chi connectivity index (χ2n) is 4.14.